The molecule has 9 aliphatic rings. The molecule has 812 valence electrons. The topological polar surface area (TPSA) is 96.2 Å². The van der Waals surface area contributed by atoms with Crippen molar-refractivity contribution < 1.29 is 331 Å². The Morgan fingerprint density at radius 2 is 0.235 bits per heavy atom. The summed E-state index contributed by atoms with van der Waals surface area (Å²) in [6, 6.07) is 0. The Bertz CT molecular complexity index is 3010. The number of rotatable bonds is 0. The maximum absolute atomic E-state index is 15.8. The molecule has 0 aromatic heterocycles. The van der Waals surface area contributed by atoms with E-state index in [0.717, 1.165) is 6.42 Å². The van der Waals surface area contributed by atoms with Gasteiger partial charge in [-0.25, -0.2) is 272 Å². The summed E-state index contributed by atoms with van der Waals surface area (Å²) < 4.78 is 838. The summed E-state index contributed by atoms with van der Waals surface area (Å²) in [5.74, 6) is -14.0. The van der Waals surface area contributed by atoms with Crippen molar-refractivity contribution in [3.05, 3.63) is 55.8 Å². The second-order valence-electron chi connectivity index (χ2n) is 27.1. The van der Waals surface area contributed by atoms with Crippen LogP contribution in [-0.2, 0) is 19.5 Å². The third-order valence-corrected chi connectivity index (χ3v) is 18.0. The molecular formula is C56H40F71N8Zn-9. The van der Waals surface area contributed by atoms with Gasteiger partial charge in [-0.15, -0.1) is 5.92 Å². The standard InChI is InChI=1S/C32H40F15N8.8C3F7.Zn/c33-3-1-2-4(12(35)11(3)34)26-48-25(2)49-27-5-6(14(37)20(43)19(42)13(5)36)29(51-27)53-31-9-10(18(41)24(47)23(46)17(9)40)32(55-31)54-30-8-7(28(50-26)52-30)15(38)21(44)22(45)16(8)39;8*4-1(2(5,6)7)3(8,9)10;/h1-32,48-55H;;;;;;;;;/q9*-1;. The molecule has 9 rings (SSSR count). The maximum Gasteiger partial charge on any atom is 0.307 e. The molecule has 9 fully saturated rings. The van der Waals surface area contributed by atoms with E-state index in [9.17, 15) is 281 Å². The van der Waals surface area contributed by atoms with Gasteiger partial charge in [0.15, 0.2) is 37.0 Å². The molecule has 0 radical (unpaired) electrons. The van der Waals surface area contributed by atoms with Gasteiger partial charge >= 0.3 is 98.8 Å². The molecule has 4 saturated carbocycles. The first-order chi connectivity index (χ1) is 59.2. The van der Waals surface area contributed by atoms with Gasteiger partial charge in [-0.1, -0.05) is 0 Å². The summed E-state index contributed by atoms with van der Waals surface area (Å²) in [6.45, 7) is 0. The summed E-state index contributed by atoms with van der Waals surface area (Å²) >= 11 is 0. The molecule has 8 bridgehead atoms. The summed E-state index contributed by atoms with van der Waals surface area (Å²) in [5.41, 5.74) is 0. The smallest absolute Gasteiger partial charge is 0.307 e. The zero-order chi connectivity index (χ0) is 108. The molecule has 80 heteroatoms. The van der Waals surface area contributed by atoms with Gasteiger partial charge in [0.1, 0.15) is 49.4 Å². The summed E-state index contributed by atoms with van der Waals surface area (Å²) in [7, 11) is 0. The molecule has 4 aliphatic carbocycles. The van der Waals surface area contributed by atoms with E-state index in [0.29, 0.717) is 0 Å². The number of alkyl halides is 63. The van der Waals surface area contributed by atoms with Crippen molar-refractivity contribution in [3.8, 4) is 0 Å². The van der Waals surface area contributed by atoms with E-state index in [-0.39, 0.29) is 19.5 Å². The normalized spacial score (nSPS) is 35.0. The van der Waals surface area contributed by atoms with Crippen LogP contribution in [0, 0.1) is 103 Å². The Kier molecular flexibility index (Phi) is 44.6. The predicted molar refractivity (Wildman–Crippen MR) is 293 cm³/mol. The van der Waals surface area contributed by atoms with Crippen molar-refractivity contribution in [3.63, 3.8) is 0 Å². The Morgan fingerprint density at radius 3 is 0.338 bits per heavy atom. The first kappa shape index (κ1) is 131. The molecule has 5 saturated heterocycles. The molecule has 31 atom stereocenters. The Morgan fingerprint density at radius 1 is 0.140 bits per heavy atom. The van der Waals surface area contributed by atoms with Crippen LogP contribution < -0.4 is 42.5 Å². The van der Waals surface area contributed by atoms with Crippen molar-refractivity contribution >= 4 is 0 Å². The number of halogens is 71. The molecule has 31 unspecified atom stereocenters. The minimum Gasteiger partial charge on any atom is -0.438 e. The Labute approximate surface area is 717 Å². The van der Waals surface area contributed by atoms with Crippen LogP contribution in [0.15, 0.2) is 0 Å². The largest absolute Gasteiger partial charge is 0.438 e. The zero-order valence-corrected chi connectivity index (χ0v) is 65.0. The van der Waals surface area contributed by atoms with Gasteiger partial charge in [0.25, 0.3) is 0 Å². The summed E-state index contributed by atoms with van der Waals surface area (Å²) in [4.78, 5) is 0. The fourth-order valence-corrected chi connectivity index (χ4v) is 12.8. The van der Waals surface area contributed by atoms with Crippen LogP contribution in [0.25, 0.3) is 0 Å². The van der Waals surface area contributed by atoms with Gasteiger partial charge < -0.3 is 35.1 Å². The van der Waals surface area contributed by atoms with Crippen LogP contribution in [0.4, 0.5) is 312 Å². The SMILES string of the molecule is FC1[CH-]C2C3NC(NC4NC(NC5NC(NC6NC(N3)C3C(F)C(F)C(F)C(F)C63)C3C(F)C(F)C(F)C(F)C53)C3C(F)C(F)C(F)C(F)C43)C2C(F)C1F.F[C-](C(F)(F)F)C(F)(F)F.F[C-](C(F)(F)F)C(F)(F)F.F[C-](C(F)(F)F)C(F)(F)F.F[C-](C(F)(F)F)C(F)(F)F.F[C-](C(F)(F)F)C(F)(F)F.F[C-](C(F)(F)F)C(F)(F)F.F[C-](C(F)(F)F)C(F)(F)F.F[C-](C(F)(F)F)C(F)(F)F.[Zn]. The van der Waals surface area contributed by atoms with Gasteiger partial charge in [0, 0.05) is 123 Å². The van der Waals surface area contributed by atoms with Gasteiger partial charge in [0.2, 0.25) is 0 Å². The Balaban J connectivity index is 0.00000182. The van der Waals surface area contributed by atoms with E-state index < -0.39 is 337 Å². The number of fused-ring (bicyclic) bond motifs is 20. The maximum atomic E-state index is 15.8. The van der Waals surface area contributed by atoms with Crippen LogP contribution >= 0.6 is 0 Å². The van der Waals surface area contributed by atoms with Crippen LogP contribution in [0.1, 0.15) is 0 Å². The third-order valence-electron chi connectivity index (χ3n) is 18.0. The predicted octanol–water partition coefficient (Wildman–Crippen LogP) is 22.5. The number of hydrogen-bond donors (Lipinski definition) is 8. The van der Waals surface area contributed by atoms with Crippen molar-refractivity contribution in [2.75, 3.05) is 0 Å². The van der Waals surface area contributed by atoms with Crippen LogP contribution in [0.5, 0.6) is 0 Å². The van der Waals surface area contributed by atoms with Gasteiger partial charge in [0.05, 0.1) is 43.2 Å². The monoisotopic (exact) mass is 2240 g/mol. The molecule has 136 heavy (non-hydrogen) atoms. The summed E-state index contributed by atoms with van der Waals surface area (Å²) in [5, 5.41) is 21.8. The second kappa shape index (κ2) is 46.2. The van der Waals surface area contributed by atoms with Gasteiger partial charge in [-0.3, -0.25) is 53.3 Å². The number of hydrogen-bond acceptors (Lipinski definition) is 8. The minimum atomic E-state index is -5.93. The second-order valence-corrected chi connectivity index (χ2v) is 27.1. The summed E-state index contributed by atoms with van der Waals surface area (Å²) in [6.07, 6.45) is -181. The zero-order valence-electron chi connectivity index (χ0n) is 62.0. The minimum absolute atomic E-state index is 0. The third kappa shape index (κ3) is 34.8. The molecule has 5 aliphatic heterocycles. The van der Waals surface area contributed by atoms with E-state index in [4.69, 9.17) is 0 Å². The van der Waals surface area contributed by atoms with Gasteiger partial charge in [-0.2, -0.15) is 0 Å². The van der Waals surface area contributed by atoms with E-state index in [1.807, 2.05) is 0 Å². The van der Waals surface area contributed by atoms with E-state index in [2.05, 4.69) is 42.5 Å². The molecule has 0 aromatic rings. The first-order valence-corrected chi connectivity index (χ1v) is 33.1. The molecule has 0 aromatic carbocycles. The van der Waals surface area contributed by atoms with E-state index >= 15 is 30.7 Å². The van der Waals surface area contributed by atoms with Crippen molar-refractivity contribution in [2.45, 2.75) is 241 Å². The van der Waals surface area contributed by atoms with Crippen LogP contribution in [0.3, 0.4) is 0 Å². The van der Waals surface area contributed by atoms with E-state index in [1.165, 1.54) is 0 Å². The molecule has 5 heterocycles. The first-order valence-electron chi connectivity index (χ1n) is 33.1. The Hall–Kier alpha value is -4.67. The van der Waals surface area contributed by atoms with Crippen molar-refractivity contribution in [2.24, 2.45) is 47.3 Å². The van der Waals surface area contributed by atoms with E-state index in [1.54, 1.807) is 0 Å². The molecule has 0 amide bonds. The van der Waals surface area contributed by atoms with Crippen molar-refractivity contribution in [1.29, 1.82) is 0 Å². The van der Waals surface area contributed by atoms with Crippen LogP contribution in [-0.4, -0.2) is 241 Å². The average Bonchev–Trinajstić information content (AvgIpc) is 1.57. The fourth-order valence-electron chi connectivity index (χ4n) is 12.8. The number of nitrogens with one attached hydrogen (secondary N) is 8. The molecule has 8 nitrogen and oxygen atoms in total. The van der Waals surface area contributed by atoms with Gasteiger partial charge in [-0.05, 0) is 0 Å². The molecule has 0 spiro atoms. The fraction of sp³-hybridized carbons (Fsp3) is 0.839. The van der Waals surface area contributed by atoms with Crippen molar-refractivity contribution in [1.82, 2.24) is 42.5 Å². The quantitative estimate of drug-likeness (QED) is 0.0691. The molecule has 8 N–H and O–H groups in total. The molecular weight excluding hydrogens is 2200 g/mol. The average molecular weight is 2240 g/mol. The van der Waals surface area contributed by atoms with Crippen LogP contribution in [0.2, 0.25) is 0 Å².